The van der Waals surface area contributed by atoms with E-state index in [4.69, 9.17) is 9.47 Å². The molecule has 1 fully saturated rings. The van der Waals surface area contributed by atoms with Crippen LogP contribution in [0.3, 0.4) is 0 Å². The number of carbonyl (C=O) groups excluding carboxylic acids is 2. The van der Waals surface area contributed by atoms with Crippen LogP contribution < -0.4 is 4.90 Å². The zero-order chi connectivity index (χ0) is 18.6. The topological polar surface area (TPSA) is 84.9 Å². The summed E-state index contributed by atoms with van der Waals surface area (Å²) in [7, 11) is 0. The molecule has 0 N–H and O–H groups in total. The number of nitrogens with zero attached hydrogens (tertiary/aromatic N) is 4. The van der Waals surface area contributed by atoms with Crippen LogP contribution in [0.5, 0.6) is 0 Å². The van der Waals surface area contributed by atoms with E-state index in [1.807, 2.05) is 32.6 Å². The molecule has 0 aliphatic carbocycles. The second-order valence-corrected chi connectivity index (χ2v) is 6.96. The fourth-order valence-electron chi connectivity index (χ4n) is 2.54. The van der Waals surface area contributed by atoms with Crippen LogP contribution >= 0.6 is 0 Å². The molecular weight excluding hydrogens is 324 g/mol. The zero-order valence-electron chi connectivity index (χ0n) is 15.5. The van der Waals surface area contributed by atoms with Gasteiger partial charge in [-0.2, -0.15) is 0 Å². The largest absolute Gasteiger partial charge is 0.462 e. The van der Waals surface area contributed by atoms with Crippen LogP contribution in [0.2, 0.25) is 0 Å². The lowest BCUT2D eigenvalue weighted by Gasteiger charge is -2.40. The first-order valence-corrected chi connectivity index (χ1v) is 8.45. The van der Waals surface area contributed by atoms with Crippen molar-refractivity contribution in [2.45, 2.75) is 46.3 Å². The number of hydrogen-bond acceptors (Lipinski definition) is 7. The Bertz CT molecular complexity index is 612. The SMILES string of the molecule is CCOC(=O)c1cnc(N2CCN(C(=O)OC(C)(C)C)[C@H](C)C2)nc1. The van der Waals surface area contributed by atoms with Gasteiger partial charge in [-0.3, -0.25) is 0 Å². The number of esters is 1. The van der Waals surface area contributed by atoms with Gasteiger partial charge in [-0.15, -0.1) is 0 Å². The maximum Gasteiger partial charge on any atom is 0.410 e. The number of piperazine rings is 1. The first-order valence-electron chi connectivity index (χ1n) is 8.45. The molecule has 2 rings (SSSR count). The van der Waals surface area contributed by atoms with E-state index in [0.29, 0.717) is 37.8 Å². The standard InChI is InChI=1S/C17H26N4O4/c1-6-24-14(22)13-9-18-15(19-10-13)20-7-8-21(12(2)11-20)16(23)25-17(3,4)5/h9-10,12H,6-8,11H2,1-5H3/t12-/m1/s1. The Kier molecular flexibility index (Phi) is 5.81. The van der Waals surface area contributed by atoms with Crippen molar-refractivity contribution in [3.05, 3.63) is 18.0 Å². The van der Waals surface area contributed by atoms with Crippen molar-refractivity contribution in [3.63, 3.8) is 0 Å². The fourth-order valence-corrected chi connectivity index (χ4v) is 2.54. The van der Waals surface area contributed by atoms with Crippen molar-refractivity contribution >= 4 is 18.0 Å². The number of hydrogen-bond donors (Lipinski definition) is 0. The molecule has 0 saturated carbocycles. The second kappa shape index (κ2) is 7.67. The van der Waals surface area contributed by atoms with Crippen molar-refractivity contribution < 1.29 is 19.1 Å². The fraction of sp³-hybridized carbons (Fsp3) is 0.647. The molecule has 1 aromatic rings. The molecule has 0 aromatic carbocycles. The van der Waals surface area contributed by atoms with E-state index in [-0.39, 0.29) is 12.1 Å². The average molecular weight is 350 g/mol. The third-order valence-electron chi connectivity index (χ3n) is 3.69. The smallest absolute Gasteiger partial charge is 0.410 e. The van der Waals surface area contributed by atoms with Gasteiger partial charge in [0, 0.05) is 38.1 Å². The molecule has 8 heteroatoms. The summed E-state index contributed by atoms with van der Waals surface area (Å²) in [5, 5.41) is 0. The molecule has 0 unspecified atom stereocenters. The summed E-state index contributed by atoms with van der Waals surface area (Å²) in [5.74, 6) is 0.0981. The van der Waals surface area contributed by atoms with Gasteiger partial charge in [0.15, 0.2) is 0 Å². The Hall–Kier alpha value is -2.38. The van der Waals surface area contributed by atoms with E-state index in [2.05, 4.69) is 9.97 Å². The van der Waals surface area contributed by atoms with Crippen molar-refractivity contribution in [3.8, 4) is 0 Å². The van der Waals surface area contributed by atoms with Gasteiger partial charge >= 0.3 is 12.1 Å². The van der Waals surface area contributed by atoms with Gasteiger partial charge in [0.2, 0.25) is 5.95 Å². The van der Waals surface area contributed by atoms with Gasteiger partial charge in [0.25, 0.3) is 0 Å². The third-order valence-corrected chi connectivity index (χ3v) is 3.69. The van der Waals surface area contributed by atoms with Gasteiger partial charge in [-0.1, -0.05) is 0 Å². The molecule has 8 nitrogen and oxygen atoms in total. The van der Waals surface area contributed by atoms with Crippen LogP contribution in [-0.2, 0) is 9.47 Å². The molecule has 1 amide bonds. The van der Waals surface area contributed by atoms with E-state index in [0.717, 1.165) is 0 Å². The highest BCUT2D eigenvalue weighted by atomic mass is 16.6. The molecule has 1 aliphatic heterocycles. The molecule has 0 radical (unpaired) electrons. The summed E-state index contributed by atoms with van der Waals surface area (Å²) in [4.78, 5) is 36.1. The molecule has 0 bridgehead atoms. The van der Waals surface area contributed by atoms with Gasteiger partial charge in [0.1, 0.15) is 5.60 Å². The van der Waals surface area contributed by atoms with E-state index in [1.54, 1.807) is 11.8 Å². The van der Waals surface area contributed by atoms with Crippen molar-refractivity contribution in [2.75, 3.05) is 31.1 Å². The number of rotatable bonds is 3. The number of aromatic nitrogens is 2. The number of ether oxygens (including phenoxy) is 2. The predicted molar refractivity (Wildman–Crippen MR) is 92.6 cm³/mol. The van der Waals surface area contributed by atoms with Crippen molar-refractivity contribution in [1.82, 2.24) is 14.9 Å². The van der Waals surface area contributed by atoms with Crippen LogP contribution in [0.1, 0.15) is 45.0 Å². The first-order chi connectivity index (χ1) is 11.7. The molecule has 138 valence electrons. The molecule has 25 heavy (non-hydrogen) atoms. The van der Waals surface area contributed by atoms with Gasteiger partial charge in [-0.25, -0.2) is 19.6 Å². The monoisotopic (exact) mass is 350 g/mol. The van der Waals surface area contributed by atoms with Crippen LogP contribution in [0, 0.1) is 0 Å². The molecule has 1 saturated heterocycles. The van der Waals surface area contributed by atoms with E-state index in [9.17, 15) is 9.59 Å². The lowest BCUT2D eigenvalue weighted by atomic mass is 10.2. The van der Waals surface area contributed by atoms with E-state index >= 15 is 0 Å². The average Bonchev–Trinajstić information content (AvgIpc) is 2.53. The minimum atomic E-state index is -0.514. The Morgan fingerprint density at radius 1 is 1.24 bits per heavy atom. The van der Waals surface area contributed by atoms with Crippen LogP contribution in [0.4, 0.5) is 10.7 Å². The first kappa shape index (κ1) is 19.0. The predicted octanol–water partition coefficient (Wildman–Crippen LogP) is 2.10. The lowest BCUT2D eigenvalue weighted by molar-refractivity contribution is 0.0158. The minimum absolute atomic E-state index is 0.0306. The van der Waals surface area contributed by atoms with Gasteiger partial charge in [-0.05, 0) is 34.6 Å². The molecule has 1 aromatic heterocycles. The Morgan fingerprint density at radius 2 is 1.88 bits per heavy atom. The Labute approximate surface area is 148 Å². The summed E-state index contributed by atoms with van der Waals surface area (Å²) >= 11 is 0. The number of anilines is 1. The van der Waals surface area contributed by atoms with Gasteiger partial charge in [0.05, 0.1) is 12.2 Å². The van der Waals surface area contributed by atoms with Crippen molar-refractivity contribution in [1.29, 1.82) is 0 Å². The molecule has 0 spiro atoms. The van der Waals surface area contributed by atoms with E-state index < -0.39 is 11.6 Å². The minimum Gasteiger partial charge on any atom is -0.462 e. The third kappa shape index (κ3) is 5.04. The Balaban J connectivity index is 1.98. The summed E-state index contributed by atoms with van der Waals surface area (Å²) in [5.41, 5.74) is -0.189. The maximum absolute atomic E-state index is 12.3. The van der Waals surface area contributed by atoms with Crippen LogP contribution in [-0.4, -0.2) is 64.8 Å². The Morgan fingerprint density at radius 3 is 2.40 bits per heavy atom. The molecular formula is C17H26N4O4. The zero-order valence-corrected chi connectivity index (χ0v) is 15.5. The highest BCUT2D eigenvalue weighted by Gasteiger charge is 2.31. The quantitative estimate of drug-likeness (QED) is 0.772. The van der Waals surface area contributed by atoms with E-state index in [1.165, 1.54) is 12.4 Å². The maximum atomic E-state index is 12.3. The summed E-state index contributed by atoms with van der Waals surface area (Å²) < 4.78 is 10.4. The van der Waals surface area contributed by atoms with Gasteiger partial charge < -0.3 is 19.3 Å². The highest BCUT2D eigenvalue weighted by molar-refractivity contribution is 5.88. The normalized spacial score (nSPS) is 18.0. The summed E-state index contributed by atoms with van der Waals surface area (Å²) in [6.07, 6.45) is 2.62. The van der Waals surface area contributed by atoms with Crippen LogP contribution in [0.15, 0.2) is 12.4 Å². The van der Waals surface area contributed by atoms with Crippen LogP contribution in [0.25, 0.3) is 0 Å². The number of carbonyl (C=O) groups is 2. The second-order valence-electron chi connectivity index (χ2n) is 6.96. The summed E-state index contributed by atoms with van der Waals surface area (Å²) in [6.45, 7) is 11.3. The molecule has 2 heterocycles. The molecule has 1 atom stereocenters. The van der Waals surface area contributed by atoms with Crippen molar-refractivity contribution in [2.24, 2.45) is 0 Å². The number of amides is 1. The molecule has 1 aliphatic rings. The highest BCUT2D eigenvalue weighted by Crippen LogP contribution is 2.18. The summed E-state index contributed by atoms with van der Waals surface area (Å²) in [6, 6.07) is -0.0306. The lowest BCUT2D eigenvalue weighted by Crippen LogP contribution is -2.55.